The highest BCUT2D eigenvalue weighted by Crippen LogP contribution is 2.34. The number of nitrogens with zero attached hydrogens (tertiary/aromatic N) is 2. The van der Waals surface area contributed by atoms with Crippen molar-refractivity contribution in [3.8, 4) is 0 Å². The Labute approximate surface area is 155 Å². The van der Waals surface area contributed by atoms with Gasteiger partial charge in [0, 0.05) is 0 Å². The van der Waals surface area contributed by atoms with Gasteiger partial charge in [-0.3, -0.25) is 4.90 Å². The Kier molecular flexibility index (Phi) is 4.88. The molecule has 26 heavy (non-hydrogen) atoms. The molecule has 1 unspecified atom stereocenters. The lowest BCUT2D eigenvalue weighted by molar-refractivity contribution is -0.141. The van der Waals surface area contributed by atoms with E-state index in [1.54, 1.807) is 36.4 Å². The first-order valence-corrected chi connectivity index (χ1v) is 9.43. The van der Waals surface area contributed by atoms with Crippen molar-refractivity contribution in [1.29, 1.82) is 0 Å². The molecule has 1 atom stereocenters. The van der Waals surface area contributed by atoms with Crippen molar-refractivity contribution >= 4 is 39.3 Å². The van der Waals surface area contributed by atoms with Crippen LogP contribution < -0.4 is 4.90 Å². The van der Waals surface area contributed by atoms with Crippen molar-refractivity contribution in [2.24, 2.45) is 0 Å². The molecule has 3 rings (SSSR count). The zero-order valence-electron chi connectivity index (χ0n) is 13.7. The summed E-state index contributed by atoms with van der Waals surface area (Å²) >= 11 is 6.15. The molecule has 1 aliphatic rings. The summed E-state index contributed by atoms with van der Waals surface area (Å²) in [5, 5.41) is 0.216. The Morgan fingerprint density at radius 3 is 2.35 bits per heavy atom. The molecule has 136 valence electrons. The van der Waals surface area contributed by atoms with E-state index in [9.17, 15) is 18.0 Å². The van der Waals surface area contributed by atoms with E-state index in [2.05, 4.69) is 0 Å². The number of para-hydroxylation sites is 1. The number of sulfonamides is 1. The second-order valence-electron chi connectivity index (χ2n) is 5.49. The van der Waals surface area contributed by atoms with E-state index >= 15 is 0 Å². The van der Waals surface area contributed by atoms with Gasteiger partial charge in [0.2, 0.25) is 0 Å². The van der Waals surface area contributed by atoms with E-state index in [0.29, 0.717) is 4.31 Å². The van der Waals surface area contributed by atoms with Crippen molar-refractivity contribution in [3.63, 3.8) is 0 Å². The number of hydrogen-bond acceptors (Lipinski definition) is 5. The van der Waals surface area contributed by atoms with Crippen LogP contribution in [-0.2, 0) is 19.6 Å². The summed E-state index contributed by atoms with van der Waals surface area (Å²) in [6.07, 6.45) is 0. The number of carbonyl (C=O) groups is 2. The van der Waals surface area contributed by atoms with E-state index in [0.717, 1.165) is 4.90 Å². The highest BCUT2D eigenvalue weighted by molar-refractivity contribution is 7.89. The molecule has 1 fully saturated rings. The third-order valence-corrected chi connectivity index (χ3v) is 6.06. The molecule has 2 amide bonds. The van der Waals surface area contributed by atoms with Gasteiger partial charge in [0.05, 0.1) is 29.3 Å². The van der Waals surface area contributed by atoms with Gasteiger partial charge < -0.3 is 4.74 Å². The predicted octanol–water partition coefficient (Wildman–Crippen LogP) is 2.51. The van der Waals surface area contributed by atoms with Crippen LogP contribution in [0.15, 0.2) is 59.5 Å². The lowest BCUT2D eigenvalue weighted by Crippen LogP contribution is -2.40. The van der Waals surface area contributed by atoms with Gasteiger partial charge >= 0.3 is 12.0 Å². The number of methoxy groups -OCH3 is 1. The maximum Gasteiger partial charge on any atom is 0.339 e. The van der Waals surface area contributed by atoms with E-state index in [-0.39, 0.29) is 22.2 Å². The summed E-state index contributed by atoms with van der Waals surface area (Å²) in [6.45, 7) is -0.367. The predicted molar refractivity (Wildman–Crippen MR) is 95.5 cm³/mol. The normalized spacial score (nSPS) is 17.5. The van der Waals surface area contributed by atoms with Gasteiger partial charge in [0.15, 0.2) is 6.04 Å². The maximum atomic E-state index is 12.9. The molecule has 0 aromatic heterocycles. The Balaban J connectivity index is 2.07. The Hall–Kier alpha value is -2.58. The summed E-state index contributed by atoms with van der Waals surface area (Å²) < 4.78 is 31.1. The van der Waals surface area contributed by atoms with Gasteiger partial charge in [-0.05, 0) is 24.3 Å². The summed E-state index contributed by atoms with van der Waals surface area (Å²) in [7, 11) is -2.95. The Bertz CT molecular complexity index is 949. The Morgan fingerprint density at radius 2 is 1.73 bits per heavy atom. The number of carbonyl (C=O) groups excluding carboxylic acids is 2. The van der Waals surface area contributed by atoms with Gasteiger partial charge in [0.1, 0.15) is 0 Å². The van der Waals surface area contributed by atoms with Gasteiger partial charge in [-0.1, -0.05) is 41.9 Å². The van der Waals surface area contributed by atoms with Crippen LogP contribution in [0.5, 0.6) is 0 Å². The standard InChI is InChI=1S/C17H15ClN2O5S/c1-25-16(21)15-11-19(26(23,24)12-7-3-2-4-8-12)17(22)20(15)14-10-6-5-9-13(14)18/h2-10,15H,11H2,1H3. The van der Waals surface area contributed by atoms with Gasteiger partial charge in [-0.15, -0.1) is 0 Å². The Morgan fingerprint density at radius 1 is 1.12 bits per heavy atom. The van der Waals surface area contributed by atoms with Crippen LogP contribution in [0.1, 0.15) is 0 Å². The van der Waals surface area contributed by atoms with E-state index in [1.807, 2.05) is 0 Å². The van der Waals surface area contributed by atoms with Crippen molar-refractivity contribution in [2.45, 2.75) is 10.9 Å². The van der Waals surface area contributed by atoms with E-state index in [1.165, 1.54) is 25.3 Å². The molecule has 0 saturated carbocycles. The first-order valence-electron chi connectivity index (χ1n) is 7.61. The van der Waals surface area contributed by atoms with Crippen LogP contribution >= 0.6 is 11.6 Å². The minimum atomic E-state index is -4.13. The summed E-state index contributed by atoms with van der Waals surface area (Å²) in [5.74, 6) is -0.732. The molecule has 1 saturated heterocycles. The third-order valence-electron chi connectivity index (χ3n) is 3.99. The van der Waals surface area contributed by atoms with Crippen molar-refractivity contribution in [3.05, 3.63) is 59.6 Å². The average Bonchev–Trinajstić information content (AvgIpc) is 3.00. The van der Waals surface area contributed by atoms with Gasteiger partial charge in [-0.25, -0.2) is 22.3 Å². The highest BCUT2D eigenvalue weighted by Gasteiger charge is 2.48. The fourth-order valence-corrected chi connectivity index (χ4v) is 4.34. The third kappa shape index (κ3) is 3.02. The minimum absolute atomic E-state index is 0.0435. The second-order valence-corrected chi connectivity index (χ2v) is 7.76. The average molecular weight is 395 g/mol. The summed E-state index contributed by atoms with van der Waals surface area (Å²) in [6, 6.07) is 11.9. The molecule has 0 aliphatic carbocycles. The van der Waals surface area contributed by atoms with E-state index in [4.69, 9.17) is 16.3 Å². The molecule has 0 N–H and O–H groups in total. The number of anilines is 1. The number of rotatable bonds is 4. The van der Waals surface area contributed by atoms with Crippen LogP contribution in [0.25, 0.3) is 0 Å². The van der Waals surface area contributed by atoms with Gasteiger partial charge in [-0.2, -0.15) is 0 Å². The number of esters is 1. The minimum Gasteiger partial charge on any atom is -0.467 e. The van der Waals surface area contributed by atoms with Gasteiger partial charge in [0.25, 0.3) is 10.0 Å². The fourth-order valence-electron chi connectivity index (χ4n) is 2.72. The number of benzene rings is 2. The molecule has 1 aliphatic heterocycles. The first kappa shape index (κ1) is 18.2. The van der Waals surface area contributed by atoms with Crippen LogP contribution in [-0.4, -0.2) is 44.4 Å². The molecular formula is C17H15ClN2O5S. The fraction of sp³-hybridized carbons (Fsp3) is 0.176. The second kappa shape index (κ2) is 6.97. The van der Waals surface area contributed by atoms with E-state index < -0.39 is 28.1 Å². The monoisotopic (exact) mass is 394 g/mol. The number of halogens is 1. The maximum absolute atomic E-state index is 12.9. The first-order chi connectivity index (χ1) is 12.4. The van der Waals surface area contributed by atoms with Crippen LogP contribution in [0.3, 0.4) is 0 Å². The summed E-state index contributed by atoms with van der Waals surface area (Å²) in [4.78, 5) is 26.1. The summed E-state index contributed by atoms with van der Waals surface area (Å²) in [5.41, 5.74) is 0.236. The number of hydrogen-bond donors (Lipinski definition) is 0. The van der Waals surface area contributed by atoms with Crippen LogP contribution in [0, 0.1) is 0 Å². The quantitative estimate of drug-likeness (QED) is 0.744. The molecular weight excluding hydrogens is 380 g/mol. The van der Waals surface area contributed by atoms with Crippen molar-refractivity contribution in [1.82, 2.24) is 4.31 Å². The molecule has 0 spiro atoms. The smallest absolute Gasteiger partial charge is 0.339 e. The zero-order chi connectivity index (χ0) is 18.9. The zero-order valence-corrected chi connectivity index (χ0v) is 15.3. The van der Waals surface area contributed by atoms with Crippen molar-refractivity contribution in [2.75, 3.05) is 18.6 Å². The molecule has 1 heterocycles. The number of ether oxygens (including phenoxy) is 1. The van der Waals surface area contributed by atoms with Crippen LogP contribution in [0.2, 0.25) is 5.02 Å². The molecule has 0 bridgehead atoms. The van der Waals surface area contributed by atoms with Crippen molar-refractivity contribution < 1.29 is 22.7 Å². The lowest BCUT2D eigenvalue weighted by atomic mass is 10.2. The molecule has 9 heteroatoms. The topological polar surface area (TPSA) is 84.0 Å². The lowest BCUT2D eigenvalue weighted by Gasteiger charge is -2.22. The molecule has 2 aromatic rings. The number of urea groups is 1. The molecule has 7 nitrogen and oxygen atoms in total. The molecule has 0 radical (unpaired) electrons. The highest BCUT2D eigenvalue weighted by atomic mass is 35.5. The largest absolute Gasteiger partial charge is 0.467 e. The van der Waals surface area contributed by atoms with Crippen LogP contribution in [0.4, 0.5) is 10.5 Å². The molecule has 2 aromatic carbocycles. The SMILES string of the molecule is COC(=O)C1CN(S(=O)(=O)c2ccccc2)C(=O)N1c1ccccc1Cl. The number of amides is 2.